The maximum Gasteiger partial charge on any atom is 0.337 e. The lowest BCUT2D eigenvalue weighted by atomic mass is 10.00. The molecular weight excluding hydrogens is 230 g/mol. The number of carbonyl (C=O) groups is 1. The molecule has 1 aromatic rings. The predicted octanol–water partition coefficient (Wildman–Crippen LogP) is 2.35. The van der Waals surface area contributed by atoms with Crippen molar-refractivity contribution in [3.63, 3.8) is 0 Å². The Kier molecular flexibility index (Phi) is 4.35. The van der Waals surface area contributed by atoms with Crippen LogP contribution in [0.1, 0.15) is 36.7 Å². The third kappa shape index (κ3) is 3.47. The summed E-state index contributed by atoms with van der Waals surface area (Å²) in [5, 5.41) is 13.1. The van der Waals surface area contributed by atoms with Gasteiger partial charge in [0, 0.05) is 5.69 Å². The molecule has 1 rings (SSSR count). The Balaban J connectivity index is 2.90. The molecule has 4 heteroatoms. The highest BCUT2D eigenvalue weighted by Crippen LogP contribution is 2.21. The lowest BCUT2D eigenvalue weighted by Crippen LogP contribution is -2.39. The van der Waals surface area contributed by atoms with E-state index in [-0.39, 0.29) is 12.0 Å². The summed E-state index contributed by atoms with van der Waals surface area (Å²) in [6.45, 7) is 7.32. The molecule has 0 saturated carbocycles. The molecule has 0 fully saturated rings. The van der Waals surface area contributed by atoms with Crippen LogP contribution in [0.4, 0.5) is 5.69 Å². The Bertz CT molecular complexity index is 435. The first-order valence-electron chi connectivity index (χ1n) is 5.93. The van der Waals surface area contributed by atoms with E-state index in [2.05, 4.69) is 10.1 Å². The zero-order chi connectivity index (χ0) is 13.9. The van der Waals surface area contributed by atoms with Crippen molar-refractivity contribution < 1.29 is 14.6 Å². The van der Waals surface area contributed by atoms with Crippen LogP contribution in [0.25, 0.3) is 0 Å². The number of ether oxygens (including phenoxy) is 1. The molecule has 0 aliphatic heterocycles. The Morgan fingerprint density at radius 2 is 2.06 bits per heavy atom. The van der Waals surface area contributed by atoms with Gasteiger partial charge in [-0.1, -0.05) is 0 Å². The van der Waals surface area contributed by atoms with Crippen molar-refractivity contribution in [3.05, 3.63) is 29.3 Å². The molecule has 0 aliphatic rings. The molecule has 0 aromatic heterocycles. The van der Waals surface area contributed by atoms with E-state index in [0.29, 0.717) is 5.56 Å². The number of carbonyl (C=O) groups excluding carboxylic acids is 1. The van der Waals surface area contributed by atoms with Gasteiger partial charge < -0.3 is 15.2 Å². The van der Waals surface area contributed by atoms with Crippen LogP contribution in [0.5, 0.6) is 0 Å². The van der Waals surface area contributed by atoms with Crippen molar-refractivity contribution in [1.82, 2.24) is 0 Å². The molecule has 0 heterocycles. The van der Waals surface area contributed by atoms with Gasteiger partial charge in [-0.2, -0.15) is 0 Å². The van der Waals surface area contributed by atoms with Gasteiger partial charge in [0.05, 0.1) is 24.3 Å². The number of esters is 1. The van der Waals surface area contributed by atoms with Crippen molar-refractivity contribution in [2.75, 3.05) is 12.4 Å². The maximum atomic E-state index is 11.4. The molecule has 0 amide bonds. The van der Waals surface area contributed by atoms with Crippen molar-refractivity contribution in [2.24, 2.45) is 0 Å². The third-order valence-corrected chi connectivity index (χ3v) is 3.08. The molecule has 1 atom stereocenters. The number of anilines is 1. The summed E-state index contributed by atoms with van der Waals surface area (Å²) >= 11 is 0. The first-order valence-corrected chi connectivity index (χ1v) is 5.93. The van der Waals surface area contributed by atoms with Gasteiger partial charge in [0.15, 0.2) is 0 Å². The molecule has 18 heavy (non-hydrogen) atoms. The Morgan fingerprint density at radius 1 is 1.44 bits per heavy atom. The van der Waals surface area contributed by atoms with E-state index in [1.54, 1.807) is 26.0 Å². The van der Waals surface area contributed by atoms with E-state index < -0.39 is 5.60 Å². The Labute approximate surface area is 108 Å². The highest BCUT2D eigenvalue weighted by atomic mass is 16.5. The summed E-state index contributed by atoms with van der Waals surface area (Å²) in [5.74, 6) is -0.347. The fourth-order valence-corrected chi connectivity index (χ4v) is 1.48. The Hall–Kier alpha value is -1.55. The number of aliphatic hydroxyl groups is 1. The number of nitrogens with one attached hydrogen (secondary N) is 1. The minimum absolute atomic E-state index is 0.0971. The van der Waals surface area contributed by atoms with Gasteiger partial charge in [0.25, 0.3) is 0 Å². The van der Waals surface area contributed by atoms with Crippen LogP contribution >= 0.6 is 0 Å². The van der Waals surface area contributed by atoms with Gasteiger partial charge >= 0.3 is 5.97 Å². The number of benzene rings is 1. The highest BCUT2D eigenvalue weighted by molar-refractivity contribution is 5.90. The molecular formula is C14H21NO3. The largest absolute Gasteiger partial charge is 0.465 e. The van der Waals surface area contributed by atoms with E-state index >= 15 is 0 Å². The van der Waals surface area contributed by atoms with Crippen LogP contribution in [0.2, 0.25) is 0 Å². The van der Waals surface area contributed by atoms with Gasteiger partial charge in [0.1, 0.15) is 0 Å². The molecule has 2 N–H and O–H groups in total. The van der Waals surface area contributed by atoms with Gasteiger partial charge in [0.2, 0.25) is 0 Å². The number of hydrogen-bond acceptors (Lipinski definition) is 4. The van der Waals surface area contributed by atoms with Crippen molar-refractivity contribution in [2.45, 2.75) is 39.3 Å². The van der Waals surface area contributed by atoms with Crippen LogP contribution in [-0.4, -0.2) is 29.8 Å². The van der Waals surface area contributed by atoms with Gasteiger partial charge in [-0.15, -0.1) is 0 Å². The zero-order valence-electron chi connectivity index (χ0n) is 11.6. The average molecular weight is 251 g/mol. The maximum absolute atomic E-state index is 11.4. The van der Waals surface area contributed by atoms with Crippen molar-refractivity contribution in [3.8, 4) is 0 Å². The smallest absolute Gasteiger partial charge is 0.337 e. The fraction of sp³-hybridized carbons (Fsp3) is 0.500. The fourth-order valence-electron chi connectivity index (χ4n) is 1.48. The highest BCUT2D eigenvalue weighted by Gasteiger charge is 2.22. The number of rotatable bonds is 4. The first kappa shape index (κ1) is 14.5. The monoisotopic (exact) mass is 251 g/mol. The second-order valence-corrected chi connectivity index (χ2v) is 5.04. The van der Waals surface area contributed by atoms with E-state index in [0.717, 1.165) is 11.3 Å². The van der Waals surface area contributed by atoms with Gasteiger partial charge in [-0.25, -0.2) is 4.79 Å². The van der Waals surface area contributed by atoms with Gasteiger partial charge in [-0.05, 0) is 51.5 Å². The zero-order valence-corrected chi connectivity index (χ0v) is 11.6. The quantitative estimate of drug-likeness (QED) is 0.806. The second-order valence-electron chi connectivity index (χ2n) is 5.04. The minimum atomic E-state index is -0.812. The summed E-state index contributed by atoms with van der Waals surface area (Å²) in [6, 6.07) is 5.20. The van der Waals surface area contributed by atoms with Crippen LogP contribution < -0.4 is 5.32 Å². The first-order chi connectivity index (χ1) is 8.25. The normalized spacial score (nSPS) is 13.0. The summed E-state index contributed by atoms with van der Waals surface area (Å²) in [5.41, 5.74) is 1.55. The Morgan fingerprint density at radius 3 is 2.50 bits per heavy atom. The molecule has 0 bridgehead atoms. The van der Waals surface area contributed by atoms with E-state index in [1.807, 2.05) is 19.9 Å². The van der Waals surface area contributed by atoms with Crippen LogP contribution in [0.15, 0.2) is 18.2 Å². The second kappa shape index (κ2) is 5.40. The number of aryl methyl sites for hydroxylation is 1. The number of hydrogen-bond donors (Lipinski definition) is 2. The lowest BCUT2D eigenvalue weighted by Gasteiger charge is -2.28. The summed E-state index contributed by atoms with van der Waals surface area (Å²) in [6.07, 6.45) is 0. The molecule has 0 spiro atoms. The molecule has 1 unspecified atom stereocenters. The lowest BCUT2D eigenvalue weighted by molar-refractivity contribution is 0.0599. The SMILES string of the molecule is COC(=O)c1ccc(NC(C)C(C)(C)O)c(C)c1. The predicted molar refractivity (Wildman–Crippen MR) is 71.9 cm³/mol. The minimum Gasteiger partial charge on any atom is -0.465 e. The van der Waals surface area contributed by atoms with Crippen LogP contribution in [-0.2, 0) is 4.74 Å². The summed E-state index contributed by atoms with van der Waals surface area (Å²) < 4.78 is 4.67. The molecule has 0 radical (unpaired) electrons. The molecule has 100 valence electrons. The van der Waals surface area contributed by atoms with Gasteiger partial charge in [-0.3, -0.25) is 0 Å². The molecule has 0 aliphatic carbocycles. The van der Waals surface area contributed by atoms with Crippen molar-refractivity contribution in [1.29, 1.82) is 0 Å². The van der Waals surface area contributed by atoms with Crippen molar-refractivity contribution >= 4 is 11.7 Å². The van der Waals surface area contributed by atoms with Crippen LogP contribution in [0.3, 0.4) is 0 Å². The summed E-state index contributed by atoms with van der Waals surface area (Å²) in [7, 11) is 1.36. The molecule has 4 nitrogen and oxygen atoms in total. The van der Waals surface area contributed by atoms with E-state index in [4.69, 9.17) is 0 Å². The third-order valence-electron chi connectivity index (χ3n) is 3.08. The van der Waals surface area contributed by atoms with E-state index in [9.17, 15) is 9.90 Å². The average Bonchev–Trinajstić information content (AvgIpc) is 2.29. The number of methoxy groups -OCH3 is 1. The molecule has 1 aromatic carbocycles. The topological polar surface area (TPSA) is 58.6 Å². The standard InChI is InChI=1S/C14H21NO3/c1-9-8-11(13(16)18-5)6-7-12(9)15-10(2)14(3,4)17/h6-8,10,15,17H,1-5H3. The van der Waals surface area contributed by atoms with Crippen LogP contribution in [0, 0.1) is 6.92 Å². The molecule has 0 saturated heterocycles. The van der Waals surface area contributed by atoms with E-state index in [1.165, 1.54) is 7.11 Å². The summed E-state index contributed by atoms with van der Waals surface area (Å²) in [4.78, 5) is 11.4.